The third kappa shape index (κ3) is 4.19. The Morgan fingerprint density at radius 2 is 1.67 bits per heavy atom. The van der Waals surface area contributed by atoms with Gasteiger partial charge in [-0.1, -0.05) is 12.1 Å². The fourth-order valence-electron chi connectivity index (χ4n) is 4.00. The summed E-state index contributed by atoms with van der Waals surface area (Å²) in [4.78, 5) is 19.8. The molecule has 0 radical (unpaired) electrons. The van der Waals surface area contributed by atoms with Gasteiger partial charge in [-0.25, -0.2) is 4.79 Å². The minimum atomic E-state index is -0.945. The lowest BCUT2D eigenvalue weighted by molar-refractivity contribution is -0.149. The number of rotatable bonds is 9. The highest BCUT2D eigenvalue weighted by atomic mass is 16.5. The number of carboxylic acid groups (broad SMARTS) is 1. The molecule has 6 nitrogen and oxygen atoms in total. The maximum Gasteiger partial charge on any atom is 0.333 e. The van der Waals surface area contributed by atoms with E-state index in [0.717, 1.165) is 28.9 Å². The zero-order chi connectivity index (χ0) is 20.9. The Balaban J connectivity index is 1.38. The van der Waals surface area contributed by atoms with Crippen LogP contribution < -0.4 is 4.74 Å². The van der Waals surface area contributed by atoms with Gasteiger partial charge in [0.05, 0.1) is 6.61 Å². The van der Waals surface area contributed by atoms with Crippen LogP contribution in [-0.4, -0.2) is 40.4 Å². The van der Waals surface area contributed by atoms with Gasteiger partial charge in [0.2, 0.25) is 0 Å². The molecule has 154 valence electrons. The average Bonchev–Trinajstić information content (AvgIpc) is 3.09. The van der Waals surface area contributed by atoms with E-state index in [9.17, 15) is 9.90 Å². The lowest BCUT2D eigenvalue weighted by Gasteiger charge is -2.15. The van der Waals surface area contributed by atoms with Crippen LogP contribution in [0.4, 0.5) is 0 Å². The van der Waals surface area contributed by atoms with Crippen molar-refractivity contribution in [3.8, 4) is 16.9 Å². The maximum atomic E-state index is 11.2. The number of benzene rings is 1. The predicted molar refractivity (Wildman–Crippen MR) is 113 cm³/mol. The van der Waals surface area contributed by atoms with Crippen molar-refractivity contribution in [3.05, 3.63) is 77.9 Å². The Morgan fingerprint density at radius 3 is 2.23 bits per heavy atom. The lowest BCUT2D eigenvalue weighted by atomic mass is 9.95. The zero-order valence-corrected chi connectivity index (χ0v) is 16.8. The van der Waals surface area contributed by atoms with Crippen LogP contribution >= 0.6 is 0 Å². The summed E-state index contributed by atoms with van der Waals surface area (Å²) in [5, 5.41) is 9.22. The highest BCUT2D eigenvalue weighted by molar-refractivity contribution is 5.77. The monoisotopic (exact) mass is 404 g/mol. The highest BCUT2D eigenvalue weighted by Gasteiger charge is 2.28. The molecule has 0 spiro atoms. The van der Waals surface area contributed by atoms with Gasteiger partial charge < -0.3 is 14.6 Å². The summed E-state index contributed by atoms with van der Waals surface area (Å²) in [6.45, 7) is 2.74. The van der Waals surface area contributed by atoms with E-state index in [-0.39, 0.29) is 5.92 Å². The first kappa shape index (κ1) is 20.0. The average molecular weight is 404 g/mol. The number of carboxylic acids is 1. The van der Waals surface area contributed by atoms with Crippen LogP contribution in [0.2, 0.25) is 0 Å². The second-order valence-electron chi connectivity index (χ2n) is 7.25. The number of aliphatic carboxylic acids is 1. The number of nitrogens with zero attached hydrogens (tertiary/aromatic N) is 2. The van der Waals surface area contributed by atoms with Crippen LogP contribution in [0.3, 0.4) is 0 Å². The van der Waals surface area contributed by atoms with Crippen LogP contribution in [0.25, 0.3) is 11.1 Å². The second-order valence-corrected chi connectivity index (χ2v) is 7.25. The Labute approximate surface area is 175 Å². The molecule has 0 saturated carbocycles. The molecule has 1 aliphatic rings. The van der Waals surface area contributed by atoms with E-state index in [2.05, 4.69) is 22.1 Å². The van der Waals surface area contributed by atoms with Crippen LogP contribution in [0.15, 0.2) is 61.2 Å². The molecular weight excluding hydrogens is 380 g/mol. The number of fused-ring (bicyclic) bond motifs is 3. The minimum Gasteiger partial charge on any atom is -0.494 e. The summed E-state index contributed by atoms with van der Waals surface area (Å²) >= 11 is 0. The normalized spacial score (nSPS) is 13.5. The Kier molecular flexibility index (Phi) is 6.05. The van der Waals surface area contributed by atoms with Crippen molar-refractivity contribution in [2.24, 2.45) is 0 Å². The van der Waals surface area contributed by atoms with Gasteiger partial charge in [-0.15, -0.1) is 0 Å². The third-order valence-corrected chi connectivity index (χ3v) is 5.41. The van der Waals surface area contributed by atoms with Gasteiger partial charge in [0, 0.05) is 54.9 Å². The largest absolute Gasteiger partial charge is 0.494 e. The molecule has 3 aromatic rings. The van der Waals surface area contributed by atoms with Crippen LogP contribution in [0.5, 0.6) is 5.75 Å². The van der Waals surface area contributed by atoms with E-state index >= 15 is 0 Å². The van der Waals surface area contributed by atoms with Crippen molar-refractivity contribution in [3.63, 3.8) is 0 Å². The van der Waals surface area contributed by atoms with Gasteiger partial charge in [-0.2, -0.15) is 0 Å². The van der Waals surface area contributed by atoms with E-state index in [1.807, 2.05) is 49.1 Å². The summed E-state index contributed by atoms with van der Waals surface area (Å²) in [6, 6.07) is 11.7. The van der Waals surface area contributed by atoms with Gasteiger partial charge in [0.1, 0.15) is 5.75 Å². The molecule has 0 bridgehead atoms. The van der Waals surface area contributed by atoms with Gasteiger partial charge in [0.15, 0.2) is 6.10 Å². The molecule has 1 N–H and O–H groups in total. The van der Waals surface area contributed by atoms with Crippen molar-refractivity contribution >= 4 is 5.97 Å². The van der Waals surface area contributed by atoms with Crippen LogP contribution in [0, 0.1) is 0 Å². The van der Waals surface area contributed by atoms with Crippen LogP contribution in [-0.2, 0) is 16.0 Å². The molecule has 2 aromatic heterocycles. The first-order valence-corrected chi connectivity index (χ1v) is 10.1. The zero-order valence-electron chi connectivity index (χ0n) is 16.8. The second kappa shape index (κ2) is 9.05. The topological polar surface area (TPSA) is 81.5 Å². The first-order chi connectivity index (χ1) is 14.7. The fourth-order valence-corrected chi connectivity index (χ4v) is 4.00. The van der Waals surface area contributed by atoms with Gasteiger partial charge >= 0.3 is 5.97 Å². The molecule has 0 fully saturated rings. The number of ether oxygens (including phenoxy) is 2. The smallest absolute Gasteiger partial charge is 0.333 e. The SMILES string of the molecule is CCOC(Cc1ccc(OCCC2c3ccncc3-c3cnccc32)cc1)C(=O)O. The van der Waals surface area contributed by atoms with Crippen molar-refractivity contribution < 1.29 is 19.4 Å². The number of hydrogen-bond donors (Lipinski definition) is 1. The number of carbonyl (C=O) groups is 1. The van der Waals surface area contributed by atoms with E-state index in [0.29, 0.717) is 19.6 Å². The molecule has 1 aromatic carbocycles. The standard InChI is InChI=1S/C24H24N2O4/c1-2-29-23(24(27)28)13-16-3-5-17(6-4-16)30-12-9-20-18-7-10-25-14-21(18)22-15-26-11-8-19(20)22/h3-8,10-11,14-15,20,23H,2,9,12-13H2,1H3,(H,27,28). The van der Waals surface area contributed by atoms with Crippen molar-refractivity contribution in [1.29, 1.82) is 0 Å². The summed E-state index contributed by atoms with van der Waals surface area (Å²) in [5.41, 5.74) is 5.74. The predicted octanol–water partition coefficient (Wildman–Crippen LogP) is 4.09. The maximum absolute atomic E-state index is 11.2. The van der Waals surface area contributed by atoms with Gasteiger partial charge in [0.25, 0.3) is 0 Å². The molecule has 2 heterocycles. The molecule has 4 rings (SSSR count). The summed E-state index contributed by atoms with van der Waals surface area (Å²) in [5.74, 6) is 0.0902. The molecule has 0 saturated heterocycles. The highest BCUT2D eigenvalue weighted by Crippen LogP contribution is 2.45. The Morgan fingerprint density at radius 1 is 1.03 bits per heavy atom. The molecular formula is C24H24N2O4. The Bertz CT molecular complexity index is 974. The Hall–Kier alpha value is -3.25. The van der Waals surface area contributed by atoms with E-state index in [4.69, 9.17) is 9.47 Å². The molecule has 0 aliphatic heterocycles. The third-order valence-electron chi connectivity index (χ3n) is 5.41. The van der Waals surface area contributed by atoms with Crippen molar-refractivity contribution in [2.45, 2.75) is 31.8 Å². The number of hydrogen-bond acceptors (Lipinski definition) is 5. The van der Waals surface area contributed by atoms with Crippen LogP contribution in [0.1, 0.15) is 36.0 Å². The van der Waals surface area contributed by atoms with Gasteiger partial charge in [-0.05, 0) is 54.3 Å². The number of aromatic nitrogens is 2. The molecule has 6 heteroatoms. The van der Waals surface area contributed by atoms with Crippen molar-refractivity contribution in [2.75, 3.05) is 13.2 Å². The summed E-state index contributed by atoms with van der Waals surface area (Å²) in [7, 11) is 0. The van der Waals surface area contributed by atoms with Crippen molar-refractivity contribution in [1.82, 2.24) is 9.97 Å². The molecule has 1 atom stereocenters. The fraction of sp³-hybridized carbons (Fsp3) is 0.292. The van der Waals surface area contributed by atoms with E-state index in [1.165, 1.54) is 11.1 Å². The number of pyridine rings is 2. The molecule has 1 aliphatic carbocycles. The van der Waals surface area contributed by atoms with E-state index in [1.54, 1.807) is 6.92 Å². The quantitative estimate of drug-likeness (QED) is 0.578. The molecule has 0 amide bonds. The molecule has 30 heavy (non-hydrogen) atoms. The summed E-state index contributed by atoms with van der Waals surface area (Å²) < 4.78 is 11.3. The summed E-state index contributed by atoms with van der Waals surface area (Å²) in [6.07, 6.45) is 7.83. The van der Waals surface area contributed by atoms with E-state index < -0.39 is 12.1 Å². The minimum absolute atomic E-state index is 0.266. The lowest BCUT2D eigenvalue weighted by Crippen LogP contribution is -2.26. The van der Waals surface area contributed by atoms with Gasteiger partial charge in [-0.3, -0.25) is 9.97 Å². The molecule has 1 unspecified atom stereocenters. The first-order valence-electron chi connectivity index (χ1n) is 10.1.